The fourth-order valence-corrected chi connectivity index (χ4v) is 1.49. The lowest BCUT2D eigenvalue weighted by molar-refractivity contribution is -0.120. The molecular weight excluding hydrogens is 202 g/mol. The largest absolute Gasteiger partial charge is 0.351 e. The molecule has 0 aliphatic carbocycles. The molecule has 0 bridgehead atoms. The van der Waals surface area contributed by atoms with Crippen LogP contribution in [0.2, 0.25) is 0 Å². The van der Waals surface area contributed by atoms with Crippen LogP contribution >= 0.6 is 0 Å². The Morgan fingerprint density at radius 2 is 2.06 bits per heavy atom. The normalized spacial score (nSPS) is 12.2. The Balaban J connectivity index is 3.73. The predicted molar refractivity (Wildman–Crippen MR) is 67.1 cm³/mol. The molecule has 0 aliphatic rings. The molecule has 92 valence electrons. The van der Waals surface area contributed by atoms with Gasteiger partial charge >= 0.3 is 0 Å². The van der Waals surface area contributed by atoms with Gasteiger partial charge in [-0.05, 0) is 20.0 Å². The molecule has 1 atom stereocenters. The highest BCUT2D eigenvalue weighted by atomic mass is 16.1. The first-order valence-electron chi connectivity index (χ1n) is 5.79. The molecule has 0 saturated carbocycles. The number of likely N-dealkylation sites (N-methyl/N-ethyl adjacent to an activating group) is 1. The minimum atomic E-state index is -0.00472. The lowest BCUT2D eigenvalue weighted by Gasteiger charge is -2.23. The predicted octanol–water partition coefficient (Wildman–Crippen LogP) is 0.0557. The van der Waals surface area contributed by atoms with Gasteiger partial charge in [0.15, 0.2) is 0 Å². The molecule has 0 aliphatic heterocycles. The van der Waals surface area contributed by atoms with E-state index in [1.807, 2.05) is 6.92 Å². The molecule has 0 aromatic rings. The van der Waals surface area contributed by atoms with Crippen LogP contribution in [0.5, 0.6) is 0 Å². The summed E-state index contributed by atoms with van der Waals surface area (Å²) in [5.74, 6) is 2.42. The van der Waals surface area contributed by atoms with Crippen LogP contribution in [0.1, 0.15) is 20.8 Å². The van der Waals surface area contributed by atoms with Gasteiger partial charge in [-0.25, -0.2) is 0 Å². The van der Waals surface area contributed by atoms with Crippen molar-refractivity contribution in [3.63, 3.8) is 0 Å². The Morgan fingerprint density at radius 3 is 2.56 bits per heavy atom. The van der Waals surface area contributed by atoms with E-state index in [0.29, 0.717) is 6.54 Å². The van der Waals surface area contributed by atoms with Gasteiger partial charge in [-0.1, -0.05) is 19.8 Å². The number of terminal acetylenes is 1. The van der Waals surface area contributed by atoms with Gasteiger partial charge in [-0.2, -0.15) is 0 Å². The minimum absolute atomic E-state index is 0.00472. The Morgan fingerprint density at radius 1 is 1.44 bits per heavy atom. The summed E-state index contributed by atoms with van der Waals surface area (Å²) in [6.07, 6.45) is 5.07. The number of rotatable bonds is 8. The quantitative estimate of drug-likeness (QED) is 0.453. The molecule has 0 aromatic heterocycles. The molecule has 0 radical (unpaired) electrons. The van der Waals surface area contributed by atoms with E-state index < -0.39 is 0 Å². The zero-order valence-corrected chi connectivity index (χ0v) is 10.5. The standard InChI is InChI=1S/C12H23N3O/c1-5-8-13-9-12(16)14-11(4)10-15(6-2)7-3/h1,11,13H,6-10H2,2-4H3,(H,14,16). The van der Waals surface area contributed by atoms with E-state index in [-0.39, 0.29) is 18.5 Å². The summed E-state index contributed by atoms with van der Waals surface area (Å²) in [4.78, 5) is 13.7. The van der Waals surface area contributed by atoms with Crippen LogP contribution in [0.4, 0.5) is 0 Å². The fraction of sp³-hybridized carbons (Fsp3) is 0.750. The van der Waals surface area contributed by atoms with Crippen molar-refractivity contribution in [2.45, 2.75) is 26.8 Å². The minimum Gasteiger partial charge on any atom is -0.351 e. The highest BCUT2D eigenvalue weighted by molar-refractivity contribution is 5.78. The monoisotopic (exact) mass is 225 g/mol. The van der Waals surface area contributed by atoms with Gasteiger partial charge in [0.05, 0.1) is 13.1 Å². The third-order valence-corrected chi connectivity index (χ3v) is 2.35. The summed E-state index contributed by atoms with van der Waals surface area (Å²) in [6, 6.07) is 0.167. The van der Waals surface area contributed by atoms with Gasteiger partial charge in [0.25, 0.3) is 0 Å². The summed E-state index contributed by atoms with van der Waals surface area (Å²) in [6.45, 7) is 9.85. The summed E-state index contributed by atoms with van der Waals surface area (Å²) in [7, 11) is 0. The second-order valence-corrected chi connectivity index (χ2v) is 3.76. The Bertz CT molecular complexity index is 231. The molecule has 1 amide bonds. The van der Waals surface area contributed by atoms with Crippen LogP contribution in [0.25, 0.3) is 0 Å². The highest BCUT2D eigenvalue weighted by Gasteiger charge is 2.09. The summed E-state index contributed by atoms with van der Waals surface area (Å²) in [5.41, 5.74) is 0. The zero-order chi connectivity index (χ0) is 12.4. The highest BCUT2D eigenvalue weighted by Crippen LogP contribution is 1.91. The number of carbonyl (C=O) groups is 1. The van der Waals surface area contributed by atoms with Crippen LogP contribution < -0.4 is 10.6 Å². The summed E-state index contributed by atoms with van der Waals surface area (Å²) >= 11 is 0. The van der Waals surface area contributed by atoms with Crippen molar-refractivity contribution in [2.75, 3.05) is 32.7 Å². The molecular formula is C12H23N3O. The van der Waals surface area contributed by atoms with Gasteiger partial charge in [0.2, 0.25) is 5.91 Å². The van der Waals surface area contributed by atoms with Crippen molar-refractivity contribution in [3.8, 4) is 12.3 Å². The molecule has 2 N–H and O–H groups in total. The molecule has 0 fully saturated rings. The van der Waals surface area contributed by atoms with Crippen LogP contribution in [-0.2, 0) is 4.79 Å². The molecule has 16 heavy (non-hydrogen) atoms. The van der Waals surface area contributed by atoms with Crippen molar-refractivity contribution in [1.29, 1.82) is 0 Å². The van der Waals surface area contributed by atoms with E-state index in [0.717, 1.165) is 19.6 Å². The molecule has 0 rings (SSSR count). The Hall–Kier alpha value is -1.05. The smallest absolute Gasteiger partial charge is 0.234 e. The average molecular weight is 225 g/mol. The molecule has 4 nitrogen and oxygen atoms in total. The second kappa shape index (κ2) is 9.20. The Kier molecular flexibility index (Phi) is 8.59. The van der Waals surface area contributed by atoms with Crippen molar-refractivity contribution in [2.24, 2.45) is 0 Å². The first-order chi connectivity index (χ1) is 7.63. The van der Waals surface area contributed by atoms with Crippen molar-refractivity contribution in [3.05, 3.63) is 0 Å². The number of amides is 1. The molecule has 0 heterocycles. The summed E-state index contributed by atoms with van der Waals surface area (Å²) < 4.78 is 0. The van der Waals surface area contributed by atoms with E-state index in [2.05, 4.69) is 35.3 Å². The van der Waals surface area contributed by atoms with E-state index in [9.17, 15) is 4.79 Å². The van der Waals surface area contributed by atoms with Gasteiger partial charge in [0, 0.05) is 12.6 Å². The lowest BCUT2D eigenvalue weighted by Crippen LogP contribution is -2.44. The maximum atomic E-state index is 11.4. The van der Waals surface area contributed by atoms with Gasteiger partial charge in [-0.3, -0.25) is 10.1 Å². The SMILES string of the molecule is C#CCNCC(=O)NC(C)CN(CC)CC. The maximum Gasteiger partial charge on any atom is 0.234 e. The number of hydrogen-bond acceptors (Lipinski definition) is 3. The topological polar surface area (TPSA) is 44.4 Å². The molecule has 0 saturated heterocycles. The fourth-order valence-electron chi connectivity index (χ4n) is 1.49. The molecule has 4 heteroatoms. The third kappa shape index (κ3) is 7.27. The van der Waals surface area contributed by atoms with Crippen LogP contribution in [0.3, 0.4) is 0 Å². The number of hydrogen-bond donors (Lipinski definition) is 2. The first-order valence-corrected chi connectivity index (χ1v) is 5.79. The van der Waals surface area contributed by atoms with Crippen LogP contribution in [-0.4, -0.2) is 49.6 Å². The van der Waals surface area contributed by atoms with E-state index in [1.54, 1.807) is 0 Å². The van der Waals surface area contributed by atoms with Crippen LogP contribution in [0.15, 0.2) is 0 Å². The van der Waals surface area contributed by atoms with Crippen molar-refractivity contribution < 1.29 is 4.79 Å². The number of carbonyl (C=O) groups excluding carboxylic acids is 1. The lowest BCUT2D eigenvalue weighted by atomic mass is 10.3. The van der Waals surface area contributed by atoms with Gasteiger partial charge in [-0.15, -0.1) is 6.42 Å². The average Bonchev–Trinajstić information content (AvgIpc) is 2.26. The zero-order valence-electron chi connectivity index (χ0n) is 10.5. The van der Waals surface area contributed by atoms with Crippen LogP contribution in [0, 0.1) is 12.3 Å². The molecule has 1 unspecified atom stereocenters. The van der Waals surface area contributed by atoms with E-state index in [1.165, 1.54) is 0 Å². The van der Waals surface area contributed by atoms with Crippen molar-refractivity contribution in [1.82, 2.24) is 15.5 Å². The summed E-state index contributed by atoms with van der Waals surface area (Å²) in [5, 5.41) is 5.79. The number of nitrogens with one attached hydrogen (secondary N) is 2. The van der Waals surface area contributed by atoms with Gasteiger partial charge < -0.3 is 10.2 Å². The number of nitrogens with zero attached hydrogens (tertiary/aromatic N) is 1. The van der Waals surface area contributed by atoms with E-state index in [4.69, 9.17) is 6.42 Å². The molecule has 0 spiro atoms. The maximum absolute atomic E-state index is 11.4. The third-order valence-electron chi connectivity index (χ3n) is 2.35. The van der Waals surface area contributed by atoms with Crippen molar-refractivity contribution >= 4 is 5.91 Å². The second-order valence-electron chi connectivity index (χ2n) is 3.76. The first kappa shape index (κ1) is 14.9. The Labute approximate surface area is 98.8 Å². The van der Waals surface area contributed by atoms with E-state index >= 15 is 0 Å². The van der Waals surface area contributed by atoms with Gasteiger partial charge in [0.1, 0.15) is 0 Å². The molecule has 0 aromatic carbocycles.